The van der Waals surface area contributed by atoms with Crippen LogP contribution in [0.15, 0.2) is 24.8 Å². The van der Waals surface area contributed by atoms with Crippen molar-refractivity contribution in [2.24, 2.45) is 0 Å². The number of carboxylic acid groups (broad SMARTS) is 1. The second kappa shape index (κ2) is 7.01. The normalized spacial score (nSPS) is 11.9. The van der Waals surface area contributed by atoms with Crippen molar-refractivity contribution in [3.63, 3.8) is 0 Å². The molecule has 0 fully saturated rings. The summed E-state index contributed by atoms with van der Waals surface area (Å²) in [7, 11) is 0. The van der Waals surface area contributed by atoms with Gasteiger partial charge in [-0.25, -0.2) is 0 Å². The van der Waals surface area contributed by atoms with Gasteiger partial charge in [-0.15, -0.1) is 6.58 Å². The molecule has 1 atom stereocenters. The van der Waals surface area contributed by atoms with Crippen LogP contribution in [-0.2, 0) is 4.79 Å². The van der Waals surface area contributed by atoms with E-state index in [4.69, 9.17) is 5.11 Å². The first-order valence-electron chi connectivity index (χ1n) is 6.55. The summed E-state index contributed by atoms with van der Waals surface area (Å²) in [6.07, 6.45) is 1.37. The van der Waals surface area contributed by atoms with Crippen molar-refractivity contribution >= 4 is 11.8 Å². The number of benzene rings is 1. The molecule has 0 aliphatic rings. The van der Waals surface area contributed by atoms with Gasteiger partial charge in [0.2, 0.25) is 0 Å². The van der Waals surface area contributed by atoms with Crippen LogP contribution in [0, 0.1) is 20.8 Å². The van der Waals surface area contributed by atoms with Crippen LogP contribution in [0.3, 0.4) is 0 Å². The van der Waals surface area contributed by atoms with E-state index in [1.165, 1.54) is 0 Å². The van der Waals surface area contributed by atoms with Gasteiger partial charge in [0.05, 0.1) is 12.5 Å². The van der Waals surface area contributed by atoms with Gasteiger partial charge in [0.15, 0.2) is 5.78 Å². The fourth-order valence-electron chi connectivity index (χ4n) is 2.40. The summed E-state index contributed by atoms with van der Waals surface area (Å²) in [6, 6.07) is 3.14. The Morgan fingerprint density at radius 3 is 2.30 bits per heavy atom. The van der Waals surface area contributed by atoms with Crippen molar-refractivity contribution in [1.29, 1.82) is 0 Å². The van der Waals surface area contributed by atoms with Crippen LogP contribution >= 0.6 is 0 Å². The maximum atomic E-state index is 12.6. The molecule has 0 aliphatic carbocycles. The molecule has 0 aromatic heterocycles. The summed E-state index contributed by atoms with van der Waals surface area (Å²) >= 11 is 0. The molecular weight excluding hydrogens is 254 g/mol. The van der Waals surface area contributed by atoms with Crippen LogP contribution in [-0.4, -0.2) is 29.4 Å². The Kier molecular flexibility index (Phi) is 5.65. The van der Waals surface area contributed by atoms with Crippen LogP contribution in [0.4, 0.5) is 0 Å². The molecule has 1 aromatic rings. The Morgan fingerprint density at radius 1 is 1.30 bits per heavy atom. The molecule has 0 spiro atoms. The van der Waals surface area contributed by atoms with Gasteiger partial charge in [-0.05, 0) is 31.9 Å². The molecule has 1 unspecified atom stereocenters. The van der Waals surface area contributed by atoms with Crippen molar-refractivity contribution in [2.45, 2.75) is 33.2 Å². The van der Waals surface area contributed by atoms with Crippen molar-refractivity contribution < 1.29 is 14.7 Å². The Bertz CT molecular complexity index is 512. The number of hydrogen-bond acceptors (Lipinski definition) is 3. The third kappa shape index (κ3) is 4.03. The van der Waals surface area contributed by atoms with E-state index >= 15 is 0 Å². The zero-order valence-electron chi connectivity index (χ0n) is 12.2. The number of carboxylic acids is 1. The molecule has 4 heteroatoms. The monoisotopic (exact) mass is 275 g/mol. The summed E-state index contributed by atoms with van der Waals surface area (Å²) in [6.45, 7) is 9.68. The average molecular weight is 275 g/mol. The molecule has 0 bridgehead atoms. The summed E-state index contributed by atoms with van der Waals surface area (Å²) in [5.41, 5.74) is 3.45. The third-order valence-corrected chi connectivity index (χ3v) is 3.13. The minimum absolute atomic E-state index is 0.177. The number of aryl methyl sites for hydroxylation is 3. The fraction of sp³-hybridized carbons (Fsp3) is 0.375. The van der Waals surface area contributed by atoms with Gasteiger partial charge >= 0.3 is 5.97 Å². The molecular formula is C16H21NO3. The van der Waals surface area contributed by atoms with Crippen LogP contribution in [0.5, 0.6) is 0 Å². The molecule has 0 saturated heterocycles. The molecule has 0 saturated carbocycles. The molecule has 2 N–H and O–H groups in total. The van der Waals surface area contributed by atoms with Gasteiger partial charge in [0.1, 0.15) is 0 Å². The fourth-order valence-corrected chi connectivity index (χ4v) is 2.40. The number of carbonyl (C=O) groups is 2. The van der Waals surface area contributed by atoms with Crippen LogP contribution in [0.1, 0.15) is 33.5 Å². The van der Waals surface area contributed by atoms with Gasteiger partial charge in [-0.1, -0.05) is 23.8 Å². The van der Waals surface area contributed by atoms with Crippen molar-refractivity contribution in [2.75, 3.05) is 6.54 Å². The van der Waals surface area contributed by atoms with Gasteiger partial charge in [0.25, 0.3) is 0 Å². The molecule has 4 nitrogen and oxygen atoms in total. The lowest BCUT2D eigenvalue weighted by Crippen LogP contribution is -2.39. The highest BCUT2D eigenvalue weighted by Gasteiger charge is 2.24. The highest BCUT2D eigenvalue weighted by molar-refractivity contribution is 6.04. The van der Waals surface area contributed by atoms with E-state index in [1.807, 2.05) is 32.9 Å². The van der Waals surface area contributed by atoms with Gasteiger partial charge in [-0.3, -0.25) is 9.59 Å². The minimum Gasteiger partial charge on any atom is -0.481 e. The van der Waals surface area contributed by atoms with E-state index in [9.17, 15) is 9.59 Å². The Hall–Kier alpha value is -1.94. The number of aliphatic carboxylic acids is 1. The number of hydrogen-bond donors (Lipinski definition) is 2. The van der Waals surface area contributed by atoms with Crippen LogP contribution in [0.25, 0.3) is 0 Å². The second-order valence-corrected chi connectivity index (χ2v) is 4.99. The van der Waals surface area contributed by atoms with Crippen LogP contribution < -0.4 is 5.32 Å². The van der Waals surface area contributed by atoms with E-state index in [2.05, 4.69) is 11.9 Å². The molecule has 1 rings (SSSR count). The van der Waals surface area contributed by atoms with Gasteiger partial charge < -0.3 is 10.4 Å². The maximum Gasteiger partial charge on any atom is 0.305 e. The maximum absolute atomic E-state index is 12.6. The molecule has 0 heterocycles. The number of rotatable bonds is 7. The van der Waals surface area contributed by atoms with E-state index in [-0.39, 0.29) is 12.2 Å². The second-order valence-electron chi connectivity index (χ2n) is 4.99. The predicted molar refractivity (Wildman–Crippen MR) is 79.2 cm³/mol. The molecule has 1 aromatic carbocycles. The summed E-state index contributed by atoms with van der Waals surface area (Å²) in [4.78, 5) is 23.5. The smallest absolute Gasteiger partial charge is 0.305 e. The molecule has 0 aliphatic heterocycles. The van der Waals surface area contributed by atoms with Gasteiger partial charge in [0, 0.05) is 12.1 Å². The largest absolute Gasteiger partial charge is 0.481 e. The summed E-state index contributed by atoms with van der Waals surface area (Å²) < 4.78 is 0. The molecule has 0 amide bonds. The number of ketones is 1. The minimum atomic E-state index is -0.998. The van der Waals surface area contributed by atoms with Crippen molar-refractivity contribution in [3.05, 3.63) is 47.0 Å². The lowest BCUT2D eigenvalue weighted by atomic mass is 9.92. The third-order valence-electron chi connectivity index (χ3n) is 3.13. The van der Waals surface area contributed by atoms with Gasteiger partial charge in [-0.2, -0.15) is 0 Å². The first kappa shape index (κ1) is 16.1. The zero-order valence-corrected chi connectivity index (χ0v) is 12.2. The Morgan fingerprint density at radius 2 is 1.85 bits per heavy atom. The zero-order chi connectivity index (χ0) is 15.3. The average Bonchev–Trinajstić information content (AvgIpc) is 2.32. The standard InChI is InChI=1S/C16H21NO3/c1-5-6-17-13(9-14(18)19)16(20)15-11(3)7-10(2)8-12(15)4/h5,7-8,13,17H,1,6,9H2,2-4H3,(H,18,19). The highest BCUT2D eigenvalue weighted by atomic mass is 16.4. The summed E-state index contributed by atoms with van der Waals surface area (Å²) in [5, 5.41) is 11.9. The Labute approximate surface area is 119 Å². The van der Waals surface area contributed by atoms with Crippen molar-refractivity contribution in [3.8, 4) is 0 Å². The number of carbonyl (C=O) groups excluding carboxylic acids is 1. The predicted octanol–water partition coefficient (Wildman–Crippen LogP) is 2.41. The van der Waals surface area contributed by atoms with E-state index < -0.39 is 12.0 Å². The van der Waals surface area contributed by atoms with Crippen molar-refractivity contribution in [1.82, 2.24) is 5.32 Å². The molecule has 108 valence electrons. The number of Topliss-reactive ketones (excluding diaryl/α,β-unsaturated/α-hetero) is 1. The first-order chi connectivity index (χ1) is 9.36. The SMILES string of the molecule is C=CCNC(CC(=O)O)C(=O)c1c(C)cc(C)cc1C. The molecule has 20 heavy (non-hydrogen) atoms. The topological polar surface area (TPSA) is 66.4 Å². The Balaban J connectivity index is 3.11. The number of nitrogens with one attached hydrogen (secondary N) is 1. The van der Waals surface area contributed by atoms with E-state index in [0.717, 1.165) is 16.7 Å². The quantitative estimate of drug-likeness (QED) is 0.592. The van der Waals surface area contributed by atoms with Crippen LogP contribution in [0.2, 0.25) is 0 Å². The van der Waals surface area contributed by atoms with E-state index in [1.54, 1.807) is 6.08 Å². The van der Waals surface area contributed by atoms with E-state index in [0.29, 0.717) is 12.1 Å². The first-order valence-corrected chi connectivity index (χ1v) is 6.55. The molecule has 0 radical (unpaired) electrons. The summed E-state index contributed by atoms with van der Waals surface area (Å²) in [5.74, 6) is -1.17. The lowest BCUT2D eigenvalue weighted by Gasteiger charge is -2.18. The highest BCUT2D eigenvalue weighted by Crippen LogP contribution is 2.19. The lowest BCUT2D eigenvalue weighted by molar-refractivity contribution is -0.137.